The first-order chi connectivity index (χ1) is 9.93. The lowest BCUT2D eigenvalue weighted by atomic mass is 9.96. The van der Waals surface area contributed by atoms with Crippen molar-refractivity contribution in [1.29, 1.82) is 0 Å². The fraction of sp³-hybridized carbons (Fsp3) is 0.471. The summed E-state index contributed by atoms with van der Waals surface area (Å²) in [6.45, 7) is 1.61. The van der Waals surface area contributed by atoms with Crippen molar-refractivity contribution in [2.75, 3.05) is 13.2 Å². The van der Waals surface area contributed by atoms with Crippen LogP contribution in [0.15, 0.2) is 36.5 Å². The summed E-state index contributed by atoms with van der Waals surface area (Å²) >= 11 is 0. The van der Waals surface area contributed by atoms with E-state index in [0.29, 0.717) is 12.6 Å². The average Bonchev–Trinajstić information content (AvgIpc) is 2.53. The van der Waals surface area contributed by atoms with Crippen LogP contribution in [-0.2, 0) is 0 Å². The predicted octanol–water partition coefficient (Wildman–Crippen LogP) is 3.54. The van der Waals surface area contributed by atoms with Gasteiger partial charge in [-0.3, -0.25) is 4.98 Å². The van der Waals surface area contributed by atoms with Gasteiger partial charge in [-0.15, -0.1) is 0 Å². The van der Waals surface area contributed by atoms with Gasteiger partial charge in [-0.2, -0.15) is 0 Å². The van der Waals surface area contributed by atoms with Crippen molar-refractivity contribution in [3.8, 4) is 5.75 Å². The number of nitrogens with zero attached hydrogens (tertiary/aromatic N) is 1. The molecule has 3 rings (SSSR count). The van der Waals surface area contributed by atoms with Crippen molar-refractivity contribution in [2.24, 2.45) is 0 Å². The molecule has 0 amide bonds. The Hall–Kier alpha value is -1.61. The van der Waals surface area contributed by atoms with Crippen LogP contribution in [0.25, 0.3) is 10.9 Å². The minimum absolute atomic E-state index is 0.693. The molecule has 0 spiro atoms. The Morgan fingerprint density at radius 1 is 1.10 bits per heavy atom. The molecule has 0 unspecified atom stereocenters. The number of rotatable bonds is 5. The molecule has 1 aromatic carbocycles. The third-order valence-electron chi connectivity index (χ3n) is 3.99. The predicted molar refractivity (Wildman–Crippen MR) is 82.1 cm³/mol. The molecular formula is C17H22N2O. The molecule has 2 aromatic rings. The lowest BCUT2D eigenvalue weighted by Crippen LogP contribution is -2.34. The summed E-state index contributed by atoms with van der Waals surface area (Å²) in [5.41, 5.74) is 0.952. The summed E-state index contributed by atoms with van der Waals surface area (Å²) in [5, 5.41) is 4.72. The number of hydrogen-bond acceptors (Lipinski definition) is 3. The van der Waals surface area contributed by atoms with Crippen LogP contribution < -0.4 is 10.1 Å². The van der Waals surface area contributed by atoms with E-state index in [1.165, 1.54) is 32.1 Å². The Labute approximate surface area is 120 Å². The Kier molecular flexibility index (Phi) is 4.49. The van der Waals surface area contributed by atoms with Gasteiger partial charge in [0.15, 0.2) is 0 Å². The average molecular weight is 270 g/mol. The fourth-order valence-corrected chi connectivity index (χ4v) is 2.92. The van der Waals surface area contributed by atoms with Gasteiger partial charge in [0.05, 0.1) is 0 Å². The van der Waals surface area contributed by atoms with E-state index in [2.05, 4.69) is 22.4 Å². The third kappa shape index (κ3) is 3.28. The van der Waals surface area contributed by atoms with Crippen LogP contribution in [0, 0.1) is 0 Å². The lowest BCUT2D eigenvalue weighted by molar-refractivity contribution is 0.291. The molecule has 1 aromatic heterocycles. The molecule has 1 aliphatic rings. The van der Waals surface area contributed by atoms with Gasteiger partial charge in [-0.05, 0) is 25.0 Å². The first-order valence-corrected chi connectivity index (χ1v) is 7.63. The zero-order valence-corrected chi connectivity index (χ0v) is 11.8. The number of para-hydroxylation sites is 1. The smallest absolute Gasteiger partial charge is 0.145 e. The molecule has 106 valence electrons. The van der Waals surface area contributed by atoms with E-state index in [-0.39, 0.29) is 0 Å². The maximum Gasteiger partial charge on any atom is 0.145 e. The van der Waals surface area contributed by atoms with Gasteiger partial charge >= 0.3 is 0 Å². The number of ether oxygens (including phenoxy) is 1. The van der Waals surface area contributed by atoms with Crippen LogP contribution in [-0.4, -0.2) is 24.2 Å². The summed E-state index contributed by atoms with van der Waals surface area (Å²) in [6.07, 6.45) is 8.58. The lowest BCUT2D eigenvalue weighted by Gasteiger charge is -2.22. The van der Waals surface area contributed by atoms with E-state index in [4.69, 9.17) is 4.74 Å². The second-order valence-electron chi connectivity index (χ2n) is 5.47. The molecule has 1 aliphatic carbocycles. The summed E-state index contributed by atoms with van der Waals surface area (Å²) in [4.78, 5) is 4.40. The molecule has 20 heavy (non-hydrogen) atoms. The maximum absolute atomic E-state index is 5.89. The highest BCUT2D eigenvalue weighted by Gasteiger charge is 2.12. The molecule has 0 aliphatic heterocycles. The van der Waals surface area contributed by atoms with Crippen LogP contribution >= 0.6 is 0 Å². The van der Waals surface area contributed by atoms with E-state index >= 15 is 0 Å². The van der Waals surface area contributed by atoms with Crippen LogP contribution in [0.3, 0.4) is 0 Å². The number of fused-ring (bicyclic) bond motifs is 1. The van der Waals surface area contributed by atoms with Gasteiger partial charge in [0.2, 0.25) is 0 Å². The zero-order chi connectivity index (χ0) is 13.6. The second kappa shape index (κ2) is 6.71. The molecule has 3 heteroatoms. The van der Waals surface area contributed by atoms with Gasteiger partial charge in [0.1, 0.15) is 17.9 Å². The molecule has 0 saturated heterocycles. The number of pyridine rings is 1. The van der Waals surface area contributed by atoms with E-state index in [1.807, 2.05) is 24.4 Å². The van der Waals surface area contributed by atoms with Crippen molar-refractivity contribution in [3.63, 3.8) is 0 Å². The maximum atomic E-state index is 5.89. The van der Waals surface area contributed by atoms with Gasteiger partial charge in [0.25, 0.3) is 0 Å². The van der Waals surface area contributed by atoms with E-state index in [0.717, 1.165) is 23.2 Å². The van der Waals surface area contributed by atoms with Crippen LogP contribution in [0.4, 0.5) is 0 Å². The number of aromatic nitrogens is 1. The molecule has 0 bridgehead atoms. The topological polar surface area (TPSA) is 34.1 Å². The van der Waals surface area contributed by atoms with Crippen molar-refractivity contribution in [1.82, 2.24) is 10.3 Å². The summed E-state index contributed by atoms with van der Waals surface area (Å²) in [6, 6.07) is 10.8. The molecule has 0 radical (unpaired) electrons. The Bertz CT molecular complexity index is 544. The minimum Gasteiger partial charge on any atom is -0.490 e. The molecular weight excluding hydrogens is 248 g/mol. The molecule has 1 saturated carbocycles. The molecule has 3 nitrogen and oxygen atoms in total. The van der Waals surface area contributed by atoms with E-state index < -0.39 is 0 Å². The van der Waals surface area contributed by atoms with Crippen molar-refractivity contribution >= 4 is 10.9 Å². The highest BCUT2D eigenvalue weighted by atomic mass is 16.5. The van der Waals surface area contributed by atoms with Gasteiger partial charge in [-0.1, -0.05) is 37.5 Å². The molecule has 1 fully saturated rings. The van der Waals surface area contributed by atoms with E-state index in [9.17, 15) is 0 Å². The minimum atomic E-state index is 0.693. The Morgan fingerprint density at radius 2 is 1.95 bits per heavy atom. The first kappa shape index (κ1) is 13.4. The SMILES string of the molecule is c1cnc2c(OCCNC3CCCCC3)cccc2c1. The summed E-state index contributed by atoms with van der Waals surface area (Å²) in [7, 11) is 0. The van der Waals surface area contributed by atoms with Crippen molar-refractivity contribution in [3.05, 3.63) is 36.5 Å². The van der Waals surface area contributed by atoms with Crippen molar-refractivity contribution in [2.45, 2.75) is 38.1 Å². The van der Waals surface area contributed by atoms with Crippen molar-refractivity contribution < 1.29 is 4.74 Å². The largest absolute Gasteiger partial charge is 0.490 e. The standard InChI is InChI=1S/C17H22N2O/c1-2-8-15(9-3-1)18-12-13-20-16-10-4-6-14-7-5-11-19-17(14)16/h4-7,10-11,15,18H,1-3,8-9,12-13H2. The van der Waals surface area contributed by atoms with E-state index in [1.54, 1.807) is 0 Å². The highest BCUT2D eigenvalue weighted by Crippen LogP contribution is 2.22. The monoisotopic (exact) mass is 270 g/mol. The fourth-order valence-electron chi connectivity index (χ4n) is 2.92. The Morgan fingerprint density at radius 3 is 2.85 bits per heavy atom. The quantitative estimate of drug-likeness (QED) is 0.844. The van der Waals surface area contributed by atoms with Gasteiger partial charge < -0.3 is 10.1 Å². The molecule has 1 heterocycles. The highest BCUT2D eigenvalue weighted by molar-refractivity contribution is 5.84. The van der Waals surface area contributed by atoms with Crippen LogP contribution in [0.1, 0.15) is 32.1 Å². The molecule has 0 atom stereocenters. The third-order valence-corrected chi connectivity index (χ3v) is 3.99. The normalized spacial score (nSPS) is 16.4. The van der Waals surface area contributed by atoms with Crippen LogP contribution in [0.2, 0.25) is 0 Å². The molecule has 1 N–H and O–H groups in total. The summed E-state index contributed by atoms with van der Waals surface area (Å²) in [5.74, 6) is 0.883. The Balaban J connectivity index is 1.52. The second-order valence-corrected chi connectivity index (χ2v) is 5.47. The van der Waals surface area contributed by atoms with Crippen LogP contribution in [0.5, 0.6) is 5.75 Å². The number of hydrogen-bond donors (Lipinski definition) is 1. The zero-order valence-electron chi connectivity index (χ0n) is 11.8. The number of nitrogens with one attached hydrogen (secondary N) is 1. The van der Waals surface area contributed by atoms with Gasteiger partial charge in [0, 0.05) is 24.2 Å². The first-order valence-electron chi connectivity index (χ1n) is 7.63. The summed E-state index contributed by atoms with van der Waals surface area (Å²) < 4.78 is 5.89. The van der Waals surface area contributed by atoms with Gasteiger partial charge in [-0.25, -0.2) is 0 Å². The number of benzene rings is 1.